The second-order valence-electron chi connectivity index (χ2n) is 4.00. The molecule has 0 unspecified atom stereocenters. The highest BCUT2D eigenvalue weighted by atomic mass is 35.5. The minimum atomic E-state index is -0.492. The Kier molecular flexibility index (Phi) is 3.97. The number of halogens is 2. The number of nitrogens with zero attached hydrogens (tertiary/aromatic N) is 1. The van der Waals surface area contributed by atoms with E-state index in [4.69, 9.17) is 29.6 Å². The number of aryl methyl sites for hydroxylation is 1. The Morgan fingerprint density at radius 2 is 2.11 bits per heavy atom. The van der Waals surface area contributed by atoms with Gasteiger partial charge in [-0.15, -0.1) is 0 Å². The molecule has 0 atom stereocenters. The Hall–Kier alpha value is -1.72. The zero-order valence-electron chi connectivity index (χ0n) is 10.1. The normalized spacial score (nSPS) is 10.3. The number of benzene rings is 1. The van der Waals surface area contributed by atoms with Crippen LogP contribution in [-0.4, -0.2) is 9.97 Å². The summed E-state index contributed by atoms with van der Waals surface area (Å²) in [4.78, 5) is 4.57. The molecular formula is C13H11ClFN3S. The standard InChI is InChI=1S/C13H11ClFN3S/c1-7-4-8(13(16)19)5-12(17-7)18-9-2-3-10(14)11(15)6-9/h2-6H,1H3,(H2,16,19)(H,17,18). The van der Waals surface area contributed by atoms with E-state index >= 15 is 0 Å². The number of hydrogen-bond donors (Lipinski definition) is 2. The van der Waals surface area contributed by atoms with Crippen LogP contribution in [0.2, 0.25) is 5.02 Å². The molecule has 6 heteroatoms. The number of pyridine rings is 1. The fourth-order valence-corrected chi connectivity index (χ4v) is 1.83. The van der Waals surface area contributed by atoms with E-state index in [9.17, 15) is 4.39 Å². The summed E-state index contributed by atoms with van der Waals surface area (Å²) in [6.07, 6.45) is 0. The summed E-state index contributed by atoms with van der Waals surface area (Å²) in [5, 5.41) is 3.06. The number of hydrogen-bond acceptors (Lipinski definition) is 3. The fraction of sp³-hybridized carbons (Fsp3) is 0.0769. The summed E-state index contributed by atoms with van der Waals surface area (Å²) < 4.78 is 13.3. The molecule has 0 bridgehead atoms. The molecule has 0 amide bonds. The highest BCUT2D eigenvalue weighted by Gasteiger charge is 2.05. The highest BCUT2D eigenvalue weighted by Crippen LogP contribution is 2.22. The Morgan fingerprint density at radius 1 is 1.37 bits per heavy atom. The van der Waals surface area contributed by atoms with Gasteiger partial charge in [0.25, 0.3) is 0 Å². The second-order valence-corrected chi connectivity index (χ2v) is 4.85. The summed E-state index contributed by atoms with van der Waals surface area (Å²) in [6.45, 7) is 1.83. The third-order valence-corrected chi connectivity index (χ3v) is 2.97. The van der Waals surface area contributed by atoms with Gasteiger partial charge in [-0.25, -0.2) is 9.37 Å². The first-order valence-electron chi connectivity index (χ1n) is 5.46. The van der Waals surface area contributed by atoms with Crippen molar-refractivity contribution in [2.45, 2.75) is 6.92 Å². The minimum Gasteiger partial charge on any atom is -0.389 e. The summed E-state index contributed by atoms with van der Waals surface area (Å²) in [6, 6.07) is 7.93. The molecule has 2 rings (SSSR count). The third-order valence-electron chi connectivity index (χ3n) is 2.43. The lowest BCUT2D eigenvalue weighted by molar-refractivity contribution is 0.629. The van der Waals surface area contributed by atoms with Crippen LogP contribution in [0, 0.1) is 12.7 Å². The molecule has 3 N–H and O–H groups in total. The molecule has 19 heavy (non-hydrogen) atoms. The lowest BCUT2D eigenvalue weighted by Gasteiger charge is -2.09. The smallest absolute Gasteiger partial charge is 0.143 e. The lowest BCUT2D eigenvalue weighted by Crippen LogP contribution is -2.10. The number of nitrogens with two attached hydrogens (primary N) is 1. The van der Waals surface area contributed by atoms with Crippen molar-refractivity contribution in [3.63, 3.8) is 0 Å². The van der Waals surface area contributed by atoms with Crippen molar-refractivity contribution < 1.29 is 4.39 Å². The Morgan fingerprint density at radius 3 is 2.74 bits per heavy atom. The van der Waals surface area contributed by atoms with E-state index < -0.39 is 5.82 Å². The maximum Gasteiger partial charge on any atom is 0.143 e. The van der Waals surface area contributed by atoms with Crippen molar-refractivity contribution in [3.05, 3.63) is 52.4 Å². The van der Waals surface area contributed by atoms with Gasteiger partial charge in [-0.2, -0.15) is 0 Å². The van der Waals surface area contributed by atoms with Crippen LogP contribution in [0.3, 0.4) is 0 Å². The van der Waals surface area contributed by atoms with E-state index in [2.05, 4.69) is 10.3 Å². The van der Waals surface area contributed by atoms with Gasteiger partial charge in [-0.3, -0.25) is 0 Å². The Labute approximate surface area is 120 Å². The van der Waals surface area contributed by atoms with Gasteiger partial charge >= 0.3 is 0 Å². The van der Waals surface area contributed by atoms with E-state index in [1.165, 1.54) is 12.1 Å². The monoisotopic (exact) mass is 295 g/mol. The first kappa shape index (κ1) is 13.7. The Bertz CT molecular complexity index is 646. The predicted octanol–water partition coefficient (Wildman–Crippen LogP) is 3.56. The molecule has 98 valence electrons. The van der Waals surface area contributed by atoms with E-state index in [1.807, 2.05) is 6.92 Å². The van der Waals surface area contributed by atoms with Crippen LogP contribution in [-0.2, 0) is 0 Å². The molecule has 1 heterocycles. The van der Waals surface area contributed by atoms with Crippen molar-refractivity contribution >= 4 is 40.3 Å². The molecule has 0 fully saturated rings. The summed E-state index contributed by atoms with van der Waals surface area (Å²) in [5.74, 6) is 0.0541. The molecular weight excluding hydrogens is 285 g/mol. The van der Waals surface area contributed by atoms with Gasteiger partial charge < -0.3 is 11.1 Å². The average Bonchev–Trinajstić information content (AvgIpc) is 2.33. The van der Waals surface area contributed by atoms with E-state index in [1.54, 1.807) is 18.2 Å². The molecule has 0 radical (unpaired) electrons. The lowest BCUT2D eigenvalue weighted by atomic mass is 10.2. The molecule has 0 aliphatic heterocycles. The highest BCUT2D eigenvalue weighted by molar-refractivity contribution is 7.80. The number of anilines is 2. The van der Waals surface area contributed by atoms with Crippen LogP contribution in [0.5, 0.6) is 0 Å². The molecule has 0 aliphatic rings. The minimum absolute atomic E-state index is 0.0755. The van der Waals surface area contributed by atoms with E-state index in [-0.39, 0.29) is 10.0 Å². The van der Waals surface area contributed by atoms with Crippen molar-refractivity contribution in [2.75, 3.05) is 5.32 Å². The molecule has 1 aromatic carbocycles. The van der Waals surface area contributed by atoms with Crippen LogP contribution in [0.25, 0.3) is 0 Å². The van der Waals surface area contributed by atoms with Crippen LogP contribution in [0.4, 0.5) is 15.9 Å². The first-order valence-corrected chi connectivity index (χ1v) is 6.25. The quantitative estimate of drug-likeness (QED) is 0.850. The average molecular weight is 296 g/mol. The number of thiocarbonyl (C=S) groups is 1. The molecule has 0 saturated heterocycles. The number of rotatable bonds is 3. The summed E-state index contributed by atoms with van der Waals surface area (Å²) in [7, 11) is 0. The van der Waals surface area contributed by atoms with Gasteiger partial charge in [0.1, 0.15) is 16.6 Å². The zero-order chi connectivity index (χ0) is 14.0. The van der Waals surface area contributed by atoms with Crippen LogP contribution < -0.4 is 11.1 Å². The molecule has 1 aromatic heterocycles. The molecule has 0 aliphatic carbocycles. The van der Waals surface area contributed by atoms with Crippen LogP contribution in [0.15, 0.2) is 30.3 Å². The first-order chi connectivity index (χ1) is 8.95. The van der Waals surface area contributed by atoms with E-state index in [0.29, 0.717) is 17.1 Å². The largest absolute Gasteiger partial charge is 0.389 e. The van der Waals surface area contributed by atoms with Crippen molar-refractivity contribution in [1.29, 1.82) is 0 Å². The van der Waals surface area contributed by atoms with Crippen LogP contribution in [0.1, 0.15) is 11.3 Å². The molecule has 2 aromatic rings. The molecule has 0 saturated carbocycles. The van der Waals surface area contributed by atoms with Crippen LogP contribution >= 0.6 is 23.8 Å². The van der Waals surface area contributed by atoms with Crippen molar-refractivity contribution in [3.8, 4) is 0 Å². The van der Waals surface area contributed by atoms with Gasteiger partial charge in [-0.1, -0.05) is 23.8 Å². The van der Waals surface area contributed by atoms with Gasteiger partial charge in [0.15, 0.2) is 0 Å². The maximum atomic E-state index is 13.3. The van der Waals surface area contributed by atoms with Gasteiger partial charge in [0, 0.05) is 16.9 Å². The summed E-state index contributed by atoms with van der Waals surface area (Å²) >= 11 is 10.6. The zero-order valence-corrected chi connectivity index (χ0v) is 11.6. The summed E-state index contributed by atoms with van der Waals surface area (Å²) in [5.41, 5.74) is 7.61. The number of aromatic nitrogens is 1. The van der Waals surface area contributed by atoms with Gasteiger partial charge in [0.2, 0.25) is 0 Å². The molecule has 0 spiro atoms. The predicted molar refractivity (Wildman–Crippen MR) is 79.6 cm³/mol. The van der Waals surface area contributed by atoms with Crippen molar-refractivity contribution in [1.82, 2.24) is 4.98 Å². The topological polar surface area (TPSA) is 50.9 Å². The maximum absolute atomic E-state index is 13.3. The van der Waals surface area contributed by atoms with Gasteiger partial charge in [0.05, 0.1) is 5.02 Å². The fourth-order valence-electron chi connectivity index (χ4n) is 1.60. The Balaban J connectivity index is 2.32. The van der Waals surface area contributed by atoms with Gasteiger partial charge in [-0.05, 0) is 37.3 Å². The molecule has 3 nitrogen and oxygen atoms in total. The number of nitrogens with one attached hydrogen (secondary N) is 1. The van der Waals surface area contributed by atoms with E-state index in [0.717, 1.165) is 5.69 Å². The van der Waals surface area contributed by atoms with Crippen molar-refractivity contribution in [2.24, 2.45) is 5.73 Å². The second kappa shape index (κ2) is 5.50. The SMILES string of the molecule is Cc1cc(C(N)=S)cc(Nc2ccc(Cl)c(F)c2)n1. The third kappa shape index (κ3) is 3.39.